The fraction of sp³-hybridized carbons (Fsp3) is 0.100. The molecule has 1 atom stereocenters. The van der Waals surface area contributed by atoms with Crippen LogP contribution in [0.25, 0.3) is 5.52 Å². The molecule has 0 aliphatic carbocycles. The molecule has 0 aliphatic rings. The van der Waals surface area contributed by atoms with E-state index in [1.807, 2.05) is 18.2 Å². The van der Waals surface area contributed by atoms with Gasteiger partial charge in [0.15, 0.2) is 0 Å². The molecule has 80 valence electrons. The lowest BCUT2D eigenvalue weighted by molar-refractivity contribution is -0.109. The van der Waals surface area contributed by atoms with Crippen molar-refractivity contribution in [1.82, 2.24) is 14.9 Å². The Bertz CT molecular complexity index is 572. The normalized spacial score (nSPS) is 12.0. The van der Waals surface area contributed by atoms with Gasteiger partial charge in [-0.3, -0.25) is 4.79 Å². The summed E-state index contributed by atoms with van der Waals surface area (Å²) in [6, 6.07) is 5.01. The van der Waals surface area contributed by atoms with E-state index in [1.54, 1.807) is 16.9 Å². The summed E-state index contributed by atoms with van der Waals surface area (Å²) in [6.07, 6.45) is 3.86. The standard InChI is InChI=1S/C10H7BrN4O/c11-8-2-1-3-15-10(8)7(5-14-15)9(4-12)13-6-16/h1-3,5-6,9H,(H,13,16). The smallest absolute Gasteiger partial charge is 0.208 e. The van der Waals surface area contributed by atoms with Crippen LogP contribution < -0.4 is 5.32 Å². The molecule has 5 nitrogen and oxygen atoms in total. The van der Waals surface area contributed by atoms with Crippen molar-refractivity contribution < 1.29 is 4.79 Å². The zero-order valence-corrected chi connectivity index (χ0v) is 9.68. The molecule has 0 radical (unpaired) electrons. The number of nitriles is 1. The number of nitrogens with zero attached hydrogens (tertiary/aromatic N) is 3. The van der Waals surface area contributed by atoms with Gasteiger partial charge < -0.3 is 5.32 Å². The number of hydrogen-bond donors (Lipinski definition) is 1. The van der Waals surface area contributed by atoms with Gasteiger partial charge in [-0.15, -0.1) is 0 Å². The van der Waals surface area contributed by atoms with Gasteiger partial charge in [0.1, 0.15) is 6.04 Å². The minimum absolute atomic E-state index is 0.508. The monoisotopic (exact) mass is 278 g/mol. The van der Waals surface area contributed by atoms with Crippen molar-refractivity contribution in [2.24, 2.45) is 0 Å². The molecule has 0 spiro atoms. The van der Waals surface area contributed by atoms with Crippen LogP contribution in [-0.4, -0.2) is 16.0 Å². The van der Waals surface area contributed by atoms with Gasteiger partial charge >= 0.3 is 0 Å². The average molecular weight is 279 g/mol. The Morgan fingerprint density at radius 2 is 2.50 bits per heavy atom. The number of pyridine rings is 1. The van der Waals surface area contributed by atoms with Crippen molar-refractivity contribution in [2.75, 3.05) is 0 Å². The Labute approximate surface area is 99.8 Å². The van der Waals surface area contributed by atoms with Crippen molar-refractivity contribution in [3.05, 3.63) is 34.6 Å². The van der Waals surface area contributed by atoms with Crippen LogP contribution in [0, 0.1) is 11.3 Å². The molecule has 2 heterocycles. The number of halogens is 1. The summed E-state index contributed by atoms with van der Waals surface area (Å²) in [6.45, 7) is 0. The molecule has 0 bridgehead atoms. The summed E-state index contributed by atoms with van der Waals surface area (Å²) in [5.74, 6) is 0. The lowest BCUT2D eigenvalue weighted by Gasteiger charge is -2.06. The van der Waals surface area contributed by atoms with E-state index in [9.17, 15) is 4.79 Å². The highest BCUT2D eigenvalue weighted by molar-refractivity contribution is 9.10. The average Bonchev–Trinajstić information content (AvgIpc) is 2.71. The Morgan fingerprint density at radius 3 is 3.19 bits per heavy atom. The van der Waals surface area contributed by atoms with Gasteiger partial charge in [0.05, 0.1) is 17.8 Å². The number of aromatic nitrogens is 2. The highest BCUT2D eigenvalue weighted by atomic mass is 79.9. The van der Waals surface area contributed by atoms with Crippen LogP contribution in [0.15, 0.2) is 29.0 Å². The molecule has 1 unspecified atom stereocenters. The summed E-state index contributed by atoms with van der Waals surface area (Å²) in [7, 11) is 0. The zero-order chi connectivity index (χ0) is 11.5. The number of nitrogens with one attached hydrogen (secondary N) is 1. The first kappa shape index (κ1) is 10.6. The van der Waals surface area contributed by atoms with Gasteiger partial charge in [0.25, 0.3) is 0 Å². The second-order valence-corrected chi connectivity index (χ2v) is 3.95. The first-order valence-corrected chi connectivity index (χ1v) is 5.28. The minimum atomic E-state index is -0.686. The van der Waals surface area contributed by atoms with Crippen molar-refractivity contribution >= 4 is 27.9 Å². The van der Waals surface area contributed by atoms with Crippen LogP contribution in [0.2, 0.25) is 0 Å². The number of hydrogen-bond acceptors (Lipinski definition) is 3. The topological polar surface area (TPSA) is 70.2 Å². The van der Waals surface area contributed by atoms with Gasteiger partial charge in [-0.05, 0) is 28.1 Å². The first-order valence-electron chi connectivity index (χ1n) is 4.49. The van der Waals surface area contributed by atoms with Crippen molar-refractivity contribution in [3.8, 4) is 6.07 Å². The van der Waals surface area contributed by atoms with E-state index in [0.717, 1.165) is 9.99 Å². The van der Waals surface area contributed by atoms with E-state index in [-0.39, 0.29) is 0 Å². The molecule has 0 fully saturated rings. The summed E-state index contributed by atoms with van der Waals surface area (Å²) in [5.41, 5.74) is 1.45. The number of carbonyl (C=O) groups excluding carboxylic acids is 1. The molecule has 0 aromatic carbocycles. The maximum absolute atomic E-state index is 10.4. The molecule has 2 aromatic rings. The maximum Gasteiger partial charge on any atom is 0.208 e. The highest BCUT2D eigenvalue weighted by Gasteiger charge is 2.16. The lowest BCUT2D eigenvalue weighted by atomic mass is 10.1. The Kier molecular flexibility index (Phi) is 2.88. The van der Waals surface area contributed by atoms with Crippen LogP contribution >= 0.6 is 15.9 Å². The van der Waals surface area contributed by atoms with E-state index in [2.05, 4.69) is 26.3 Å². The second kappa shape index (κ2) is 4.33. The predicted molar refractivity (Wildman–Crippen MR) is 60.4 cm³/mol. The Morgan fingerprint density at radius 1 is 1.69 bits per heavy atom. The van der Waals surface area contributed by atoms with Crippen LogP contribution in [0.4, 0.5) is 0 Å². The van der Waals surface area contributed by atoms with Gasteiger partial charge in [0, 0.05) is 16.2 Å². The van der Waals surface area contributed by atoms with Crippen molar-refractivity contribution in [1.29, 1.82) is 5.26 Å². The fourth-order valence-electron chi connectivity index (χ4n) is 1.50. The molecule has 0 aliphatic heterocycles. The Balaban J connectivity index is 2.61. The summed E-state index contributed by atoms with van der Waals surface area (Å²) < 4.78 is 2.48. The molecule has 0 saturated heterocycles. The Hall–Kier alpha value is -1.87. The maximum atomic E-state index is 10.4. The second-order valence-electron chi connectivity index (χ2n) is 3.10. The SMILES string of the molecule is N#CC(NC=O)c1cnn2cccc(Br)c12. The van der Waals surface area contributed by atoms with E-state index < -0.39 is 6.04 Å². The largest absolute Gasteiger partial charge is 0.339 e. The number of rotatable bonds is 3. The number of amides is 1. The third kappa shape index (κ3) is 1.66. The van der Waals surface area contributed by atoms with Gasteiger partial charge in [-0.1, -0.05) is 0 Å². The summed E-state index contributed by atoms with van der Waals surface area (Å²) in [5, 5.41) is 15.5. The molecule has 2 rings (SSSR count). The molecular formula is C10H7BrN4O. The van der Waals surface area contributed by atoms with Gasteiger partial charge in [0.2, 0.25) is 6.41 Å². The van der Waals surface area contributed by atoms with Crippen LogP contribution in [0.5, 0.6) is 0 Å². The van der Waals surface area contributed by atoms with Gasteiger partial charge in [-0.2, -0.15) is 10.4 Å². The highest BCUT2D eigenvalue weighted by Crippen LogP contribution is 2.25. The quantitative estimate of drug-likeness (QED) is 0.863. The third-order valence-electron chi connectivity index (χ3n) is 2.19. The van der Waals surface area contributed by atoms with Crippen molar-refractivity contribution in [3.63, 3.8) is 0 Å². The van der Waals surface area contributed by atoms with Crippen molar-refractivity contribution in [2.45, 2.75) is 6.04 Å². The number of carbonyl (C=O) groups is 1. The van der Waals surface area contributed by atoms with Crippen LogP contribution in [0.1, 0.15) is 11.6 Å². The summed E-state index contributed by atoms with van der Waals surface area (Å²) >= 11 is 3.39. The molecule has 1 N–H and O–H groups in total. The lowest BCUT2D eigenvalue weighted by Crippen LogP contribution is -2.17. The van der Waals surface area contributed by atoms with E-state index >= 15 is 0 Å². The molecular weight excluding hydrogens is 272 g/mol. The molecule has 16 heavy (non-hydrogen) atoms. The van der Waals surface area contributed by atoms with Crippen LogP contribution in [0.3, 0.4) is 0 Å². The molecule has 1 amide bonds. The van der Waals surface area contributed by atoms with Gasteiger partial charge in [-0.25, -0.2) is 4.52 Å². The molecule has 6 heteroatoms. The molecule has 0 saturated carbocycles. The third-order valence-corrected chi connectivity index (χ3v) is 2.83. The molecule has 2 aromatic heterocycles. The summed E-state index contributed by atoms with van der Waals surface area (Å²) in [4.78, 5) is 10.4. The minimum Gasteiger partial charge on any atom is -0.339 e. The van der Waals surface area contributed by atoms with E-state index in [1.165, 1.54) is 0 Å². The number of fused-ring (bicyclic) bond motifs is 1. The zero-order valence-electron chi connectivity index (χ0n) is 8.09. The van der Waals surface area contributed by atoms with E-state index in [4.69, 9.17) is 5.26 Å². The first-order chi connectivity index (χ1) is 7.77. The van der Waals surface area contributed by atoms with E-state index in [0.29, 0.717) is 12.0 Å². The predicted octanol–water partition coefficient (Wildman–Crippen LogP) is 1.41. The van der Waals surface area contributed by atoms with Crippen LogP contribution in [-0.2, 0) is 4.79 Å². The fourth-order valence-corrected chi connectivity index (χ4v) is 2.06.